The molecule has 0 saturated carbocycles. The molecule has 5 nitrogen and oxygen atoms in total. The number of nitrogens with one attached hydrogen (secondary N) is 1. The summed E-state index contributed by atoms with van der Waals surface area (Å²) in [5.41, 5.74) is 3.69. The lowest BCUT2D eigenvalue weighted by Gasteiger charge is -1.99. The van der Waals surface area contributed by atoms with Crippen LogP contribution >= 0.6 is 22.6 Å². The predicted molar refractivity (Wildman–Crippen MR) is 71.6 cm³/mol. The highest BCUT2D eigenvalue weighted by Crippen LogP contribution is 2.29. The number of hydrogen-bond donors (Lipinski definition) is 1. The molecule has 1 N–H and O–H groups in total. The molecule has 3 aromatic heterocycles. The van der Waals surface area contributed by atoms with E-state index in [0.717, 1.165) is 37.3 Å². The minimum absolute atomic E-state index is 0.796. The van der Waals surface area contributed by atoms with Gasteiger partial charge in [0.15, 0.2) is 5.65 Å². The van der Waals surface area contributed by atoms with Crippen LogP contribution in [0.2, 0.25) is 0 Å². The van der Waals surface area contributed by atoms with Crippen molar-refractivity contribution >= 4 is 33.6 Å². The Labute approximate surface area is 111 Å². The van der Waals surface area contributed by atoms with Crippen LogP contribution in [0.4, 0.5) is 0 Å². The fraction of sp³-hybridized carbons (Fsp3) is 0.182. The molecular formula is C11H9IN4O. The first-order chi connectivity index (χ1) is 8.16. The fourth-order valence-electron chi connectivity index (χ4n) is 1.91. The second-order valence-corrected chi connectivity index (χ2v) is 4.86. The second-order valence-electron chi connectivity index (χ2n) is 3.83. The molecule has 3 rings (SSSR count). The summed E-state index contributed by atoms with van der Waals surface area (Å²) in [5.74, 6) is 0.808. The van der Waals surface area contributed by atoms with Crippen LogP contribution in [0.1, 0.15) is 11.5 Å². The first kappa shape index (κ1) is 10.7. The summed E-state index contributed by atoms with van der Waals surface area (Å²) < 4.78 is 6.09. The number of rotatable bonds is 1. The number of aromatic nitrogens is 4. The third kappa shape index (κ3) is 1.63. The van der Waals surface area contributed by atoms with Crippen LogP contribution in [0.15, 0.2) is 16.8 Å². The molecule has 6 heteroatoms. The maximum absolute atomic E-state index is 5.17. The minimum atomic E-state index is 0.796. The van der Waals surface area contributed by atoms with Gasteiger partial charge in [-0.15, -0.1) is 0 Å². The minimum Gasteiger partial charge on any atom is -0.361 e. The summed E-state index contributed by atoms with van der Waals surface area (Å²) >= 11 is 2.18. The van der Waals surface area contributed by atoms with Gasteiger partial charge in [0.1, 0.15) is 9.46 Å². The zero-order valence-electron chi connectivity index (χ0n) is 9.28. The standard InChI is InChI=1S/C11H9IN4O/c1-5-9(6(2)17-16-5)7-3-8-10(12)14-15-11(8)13-4-7/h3-4H,1-2H3,(H,13,14,15). The van der Waals surface area contributed by atoms with Crippen LogP contribution in [0, 0.1) is 17.5 Å². The van der Waals surface area contributed by atoms with Crippen LogP contribution in [-0.4, -0.2) is 20.3 Å². The average molecular weight is 340 g/mol. The van der Waals surface area contributed by atoms with Crippen molar-refractivity contribution in [2.24, 2.45) is 0 Å². The van der Waals surface area contributed by atoms with E-state index >= 15 is 0 Å². The first-order valence-electron chi connectivity index (χ1n) is 5.09. The van der Waals surface area contributed by atoms with Gasteiger partial charge >= 0.3 is 0 Å². The van der Waals surface area contributed by atoms with E-state index in [0.29, 0.717) is 0 Å². The van der Waals surface area contributed by atoms with E-state index in [1.807, 2.05) is 20.0 Å². The molecule has 3 heterocycles. The van der Waals surface area contributed by atoms with Crippen molar-refractivity contribution < 1.29 is 4.52 Å². The Balaban J connectivity index is 2.27. The van der Waals surface area contributed by atoms with Gasteiger partial charge in [0.25, 0.3) is 0 Å². The number of aryl methyl sites for hydroxylation is 2. The van der Waals surface area contributed by atoms with E-state index in [4.69, 9.17) is 4.52 Å². The molecule has 17 heavy (non-hydrogen) atoms. The van der Waals surface area contributed by atoms with Crippen molar-refractivity contribution in [3.05, 3.63) is 27.4 Å². The topological polar surface area (TPSA) is 67.6 Å². The van der Waals surface area contributed by atoms with Gasteiger partial charge in [-0.3, -0.25) is 5.10 Å². The smallest absolute Gasteiger partial charge is 0.156 e. The van der Waals surface area contributed by atoms with Crippen LogP contribution in [-0.2, 0) is 0 Å². The lowest BCUT2D eigenvalue weighted by Crippen LogP contribution is -1.85. The number of aromatic amines is 1. The maximum atomic E-state index is 5.17. The maximum Gasteiger partial charge on any atom is 0.156 e. The summed E-state index contributed by atoms with van der Waals surface area (Å²) in [6.07, 6.45) is 1.81. The Kier molecular flexibility index (Phi) is 2.39. The van der Waals surface area contributed by atoms with Gasteiger partial charge in [-0.1, -0.05) is 5.16 Å². The van der Waals surface area contributed by atoms with E-state index in [2.05, 4.69) is 49.0 Å². The molecule has 0 spiro atoms. The SMILES string of the molecule is Cc1noc(C)c1-c1cnc2[nH]nc(I)c2c1. The van der Waals surface area contributed by atoms with Crippen molar-refractivity contribution in [1.82, 2.24) is 20.3 Å². The molecule has 86 valence electrons. The molecule has 0 aliphatic rings. The van der Waals surface area contributed by atoms with Gasteiger partial charge in [-0.2, -0.15) is 5.10 Å². The Morgan fingerprint density at radius 2 is 2.18 bits per heavy atom. The second kappa shape index (κ2) is 3.80. The van der Waals surface area contributed by atoms with Crippen molar-refractivity contribution in [2.75, 3.05) is 0 Å². The van der Waals surface area contributed by atoms with E-state index in [-0.39, 0.29) is 0 Å². The van der Waals surface area contributed by atoms with Gasteiger partial charge in [0.2, 0.25) is 0 Å². The normalized spacial score (nSPS) is 11.2. The van der Waals surface area contributed by atoms with E-state index in [1.165, 1.54) is 0 Å². The number of hydrogen-bond acceptors (Lipinski definition) is 4. The highest BCUT2D eigenvalue weighted by molar-refractivity contribution is 14.1. The first-order valence-corrected chi connectivity index (χ1v) is 6.17. The lowest BCUT2D eigenvalue weighted by atomic mass is 10.1. The van der Waals surface area contributed by atoms with Crippen molar-refractivity contribution in [3.63, 3.8) is 0 Å². The largest absolute Gasteiger partial charge is 0.361 e. The van der Waals surface area contributed by atoms with E-state index < -0.39 is 0 Å². The number of halogens is 1. The highest BCUT2D eigenvalue weighted by Gasteiger charge is 2.13. The quantitative estimate of drug-likeness (QED) is 0.692. The molecule has 0 saturated heterocycles. The number of fused-ring (bicyclic) bond motifs is 1. The van der Waals surface area contributed by atoms with Crippen molar-refractivity contribution in [2.45, 2.75) is 13.8 Å². The van der Waals surface area contributed by atoms with Crippen LogP contribution in [0.3, 0.4) is 0 Å². The van der Waals surface area contributed by atoms with Crippen LogP contribution in [0.25, 0.3) is 22.2 Å². The molecule has 0 amide bonds. The Morgan fingerprint density at radius 3 is 2.88 bits per heavy atom. The number of pyridine rings is 1. The molecular weight excluding hydrogens is 331 g/mol. The zero-order valence-corrected chi connectivity index (χ0v) is 11.4. The van der Waals surface area contributed by atoms with Crippen molar-refractivity contribution in [3.8, 4) is 11.1 Å². The molecule has 0 atom stereocenters. The molecule has 0 aliphatic heterocycles. The van der Waals surface area contributed by atoms with Gasteiger partial charge in [-0.25, -0.2) is 4.98 Å². The van der Waals surface area contributed by atoms with E-state index in [1.54, 1.807) is 0 Å². The highest BCUT2D eigenvalue weighted by atomic mass is 127. The Morgan fingerprint density at radius 1 is 1.35 bits per heavy atom. The number of H-pyrrole nitrogens is 1. The van der Waals surface area contributed by atoms with Crippen LogP contribution < -0.4 is 0 Å². The molecule has 0 fully saturated rings. The third-order valence-corrected chi connectivity index (χ3v) is 3.51. The molecule has 0 radical (unpaired) electrons. The Bertz CT molecular complexity index is 681. The summed E-state index contributed by atoms with van der Waals surface area (Å²) in [4.78, 5) is 4.35. The summed E-state index contributed by atoms with van der Waals surface area (Å²) in [7, 11) is 0. The van der Waals surface area contributed by atoms with Crippen LogP contribution in [0.5, 0.6) is 0 Å². The monoisotopic (exact) mass is 340 g/mol. The lowest BCUT2D eigenvalue weighted by molar-refractivity contribution is 0.393. The van der Waals surface area contributed by atoms with Gasteiger partial charge in [-0.05, 0) is 42.5 Å². The van der Waals surface area contributed by atoms with Gasteiger partial charge in [0.05, 0.1) is 11.1 Å². The summed E-state index contributed by atoms with van der Waals surface area (Å²) in [6.45, 7) is 3.83. The summed E-state index contributed by atoms with van der Waals surface area (Å²) in [6, 6.07) is 2.06. The molecule has 0 aromatic carbocycles. The fourth-order valence-corrected chi connectivity index (χ4v) is 2.44. The predicted octanol–water partition coefficient (Wildman–Crippen LogP) is 2.83. The zero-order chi connectivity index (χ0) is 12.0. The van der Waals surface area contributed by atoms with E-state index in [9.17, 15) is 0 Å². The molecule has 3 aromatic rings. The Hall–Kier alpha value is -1.44. The average Bonchev–Trinajstić information content (AvgIpc) is 2.84. The molecule has 0 aliphatic carbocycles. The molecule has 0 bridgehead atoms. The van der Waals surface area contributed by atoms with Crippen molar-refractivity contribution in [1.29, 1.82) is 0 Å². The van der Waals surface area contributed by atoms with Gasteiger partial charge < -0.3 is 4.52 Å². The number of nitrogens with zero attached hydrogens (tertiary/aromatic N) is 3. The molecule has 0 unspecified atom stereocenters. The van der Waals surface area contributed by atoms with Gasteiger partial charge in [0, 0.05) is 17.3 Å². The third-order valence-electron chi connectivity index (χ3n) is 2.69. The summed E-state index contributed by atoms with van der Waals surface area (Å²) in [5, 5.41) is 12.0.